The number of non-ortho nitro benzene ring substituents is 1. The number of nitro benzene ring substituents is 1. The fraction of sp³-hybridized carbons (Fsp3) is 0.240. The molecule has 0 aliphatic carbocycles. The summed E-state index contributed by atoms with van der Waals surface area (Å²) in [4.78, 5) is 37.8. The Bertz CT molecular complexity index is 1380. The number of nitro groups is 2. The molecule has 0 unspecified atom stereocenters. The highest BCUT2D eigenvalue weighted by atomic mass is 79.9. The van der Waals surface area contributed by atoms with Crippen LogP contribution in [-0.4, -0.2) is 40.3 Å². The zero-order valence-electron chi connectivity index (χ0n) is 19.1. The van der Waals surface area contributed by atoms with Crippen molar-refractivity contribution >= 4 is 33.2 Å². The highest BCUT2D eigenvalue weighted by Gasteiger charge is 2.68. The van der Waals surface area contributed by atoms with Crippen molar-refractivity contribution in [1.82, 2.24) is 4.90 Å². The zero-order chi connectivity index (χ0) is 25.6. The summed E-state index contributed by atoms with van der Waals surface area (Å²) in [5.74, 6) is -0.615. The highest BCUT2D eigenvalue weighted by molar-refractivity contribution is 9.10. The normalized spacial score (nSPS) is 22.9. The van der Waals surface area contributed by atoms with Gasteiger partial charge in [0.25, 0.3) is 17.6 Å². The van der Waals surface area contributed by atoms with Crippen LogP contribution in [0.5, 0.6) is 5.75 Å². The molecule has 1 N–H and O–H groups in total. The van der Waals surface area contributed by atoms with Crippen molar-refractivity contribution in [2.75, 3.05) is 18.9 Å². The van der Waals surface area contributed by atoms with Crippen LogP contribution < -0.4 is 10.1 Å². The number of hydrogen-bond donors (Lipinski definition) is 1. The van der Waals surface area contributed by atoms with Gasteiger partial charge in [0, 0.05) is 44.9 Å². The largest absolute Gasteiger partial charge is 0.489 e. The summed E-state index contributed by atoms with van der Waals surface area (Å²) in [6.07, 6.45) is 0. The van der Waals surface area contributed by atoms with Crippen molar-refractivity contribution in [1.29, 1.82) is 0 Å². The third-order valence-electron chi connectivity index (χ3n) is 6.95. The summed E-state index contributed by atoms with van der Waals surface area (Å²) in [5, 5.41) is 26.3. The van der Waals surface area contributed by atoms with Crippen molar-refractivity contribution in [2.24, 2.45) is 0 Å². The summed E-state index contributed by atoms with van der Waals surface area (Å²) in [7, 11) is 1.73. The fourth-order valence-electron chi connectivity index (χ4n) is 5.38. The number of hydrogen-bond acceptors (Lipinski definition) is 7. The van der Waals surface area contributed by atoms with E-state index < -0.39 is 28.3 Å². The Hall–Kier alpha value is -3.83. The number of likely N-dealkylation sites (tertiary alicyclic amines) is 1. The number of fused-ring (bicyclic) bond motifs is 2. The molecule has 3 atom stereocenters. The van der Waals surface area contributed by atoms with Crippen LogP contribution in [0, 0.1) is 20.2 Å². The van der Waals surface area contributed by atoms with E-state index in [1.54, 1.807) is 66.5 Å². The van der Waals surface area contributed by atoms with Gasteiger partial charge in [-0.2, -0.15) is 0 Å². The van der Waals surface area contributed by atoms with Crippen molar-refractivity contribution in [3.63, 3.8) is 0 Å². The standard InChI is InChI=1S/C25H21BrN4O6/c1-28-13-19(23(30(34)35)25(28)20-4-2-3-5-21(20)27-24(25)31)18-12-16(26)8-11-22(18)36-14-15-6-9-17(10-7-15)29(32)33/h2-12,19,23H,13-14H2,1H3,(H,27,31)/t19-,23-,25+/m1/s1. The first-order chi connectivity index (χ1) is 17.2. The molecule has 1 spiro atoms. The monoisotopic (exact) mass is 552 g/mol. The number of amides is 1. The summed E-state index contributed by atoms with van der Waals surface area (Å²) in [6.45, 7) is 0.379. The maximum atomic E-state index is 13.3. The molecule has 2 heterocycles. The first-order valence-corrected chi connectivity index (χ1v) is 11.9. The first kappa shape index (κ1) is 23.9. The van der Waals surface area contributed by atoms with E-state index in [2.05, 4.69) is 21.2 Å². The van der Waals surface area contributed by atoms with Crippen LogP contribution in [0.25, 0.3) is 0 Å². The Morgan fingerprint density at radius 3 is 2.53 bits per heavy atom. The minimum absolute atomic E-state index is 0.0219. The number of benzene rings is 3. The summed E-state index contributed by atoms with van der Waals surface area (Å²) >= 11 is 3.46. The predicted octanol–water partition coefficient (Wildman–Crippen LogP) is 4.46. The van der Waals surface area contributed by atoms with Gasteiger partial charge in [-0.25, -0.2) is 0 Å². The molecule has 0 saturated carbocycles. The van der Waals surface area contributed by atoms with Crippen LogP contribution in [0.15, 0.2) is 71.2 Å². The lowest BCUT2D eigenvalue weighted by Crippen LogP contribution is -2.54. The minimum atomic E-state index is -1.46. The second kappa shape index (κ2) is 8.99. The number of para-hydroxylation sites is 1. The molecule has 5 rings (SSSR count). The number of ether oxygens (including phenoxy) is 1. The average Bonchev–Trinajstić information content (AvgIpc) is 3.33. The molecule has 1 saturated heterocycles. The number of rotatable bonds is 6. The van der Waals surface area contributed by atoms with Gasteiger partial charge in [0.05, 0.1) is 10.8 Å². The van der Waals surface area contributed by atoms with Gasteiger partial charge in [-0.15, -0.1) is 0 Å². The Kier molecular flexibility index (Phi) is 5.97. The Balaban J connectivity index is 1.52. The van der Waals surface area contributed by atoms with Gasteiger partial charge in [-0.1, -0.05) is 34.1 Å². The summed E-state index contributed by atoms with van der Waals surface area (Å²) in [6, 6.07) is 17.1. The maximum Gasteiger partial charge on any atom is 0.269 e. The molecule has 10 nitrogen and oxygen atoms in total. The van der Waals surface area contributed by atoms with Crippen LogP contribution in [0.2, 0.25) is 0 Å². The number of nitrogens with one attached hydrogen (secondary N) is 1. The lowest BCUT2D eigenvalue weighted by atomic mass is 9.79. The first-order valence-electron chi connectivity index (χ1n) is 11.1. The van der Waals surface area contributed by atoms with Crippen LogP contribution in [0.3, 0.4) is 0 Å². The number of anilines is 1. The Labute approximate surface area is 214 Å². The summed E-state index contributed by atoms with van der Waals surface area (Å²) in [5.41, 5.74) is 1.00. The molecule has 36 heavy (non-hydrogen) atoms. The molecule has 2 aliphatic rings. The van der Waals surface area contributed by atoms with E-state index in [-0.39, 0.29) is 23.8 Å². The molecule has 3 aromatic rings. The third-order valence-corrected chi connectivity index (χ3v) is 7.45. The third kappa shape index (κ3) is 3.71. The van der Waals surface area contributed by atoms with Gasteiger partial charge in [0.15, 0.2) is 5.54 Å². The van der Waals surface area contributed by atoms with Gasteiger partial charge >= 0.3 is 0 Å². The van der Waals surface area contributed by atoms with Crippen molar-refractivity contribution in [3.05, 3.63) is 108 Å². The number of nitrogens with zero attached hydrogens (tertiary/aromatic N) is 3. The van der Waals surface area contributed by atoms with E-state index in [0.29, 0.717) is 28.1 Å². The Morgan fingerprint density at radius 1 is 1.11 bits per heavy atom. The van der Waals surface area contributed by atoms with Crippen molar-refractivity contribution in [2.45, 2.75) is 24.1 Å². The van der Waals surface area contributed by atoms with E-state index in [0.717, 1.165) is 4.47 Å². The van der Waals surface area contributed by atoms with E-state index in [1.165, 1.54) is 12.1 Å². The molecule has 0 bridgehead atoms. The van der Waals surface area contributed by atoms with Crippen LogP contribution in [-0.2, 0) is 16.9 Å². The number of likely N-dealkylation sites (N-methyl/N-ethyl adjacent to an activating group) is 1. The van der Waals surface area contributed by atoms with Crippen LogP contribution >= 0.6 is 15.9 Å². The molecule has 1 fully saturated rings. The highest BCUT2D eigenvalue weighted by Crippen LogP contribution is 2.53. The second-order valence-electron chi connectivity index (χ2n) is 8.88. The van der Waals surface area contributed by atoms with Gasteiger partial charge in [0.1, 0.15) is 12.4 Å². The lowest BCUT2D eigenvalue weighted by molar-refractivity contribution is -0.534. The molecular formula is C25H21BrN4O6. The molecular weight excluding hydrogens is 532 g/mol. The van der Waals surface area contributed by atoms with E-state index >= 15 is 0 Å². The molecule has 1 amide bonds. The lowest BCUT2D eigenvalue weighted by Gasteiger charge is -2.30. The molecule has 11 heteroatoms. The fourth-order valence-corrected chi connectivity index (χ4v) is 5.76. The van der Waals surface area contributed by atoms with Crippen molar-refractivity contribution < 1.29 is 19.4 Å². The number of carbonyl (C=O) groups is 1. The van der Waals surface area contributed by atoms with E-state index in [1.807, 2.05) is 0 Å². The smallest absolute Gasteiger partial charge is 0.269 e. The second-order valence-corrected chi connectivity index (χ2v) is 9.79. The van der Waals surface area contributed by atoms with Gasteiger partial charge in [-0.05, 0) is 49.0 Å². The minimum Gasteiger partial charge on any atom is -0.489 e. The molecule has 0 radical (unpaired) electrons. The van der Waals surface area contributed by atoms with Crippen molar-refractivity contribution in [3.8, 4) is 5.75 Å². The average molecular weight is 553 g/mol. The predicted molar refractivity (Wildman–Crippen MR) is 134 cm³/mol. The van der Waals surface area contributed by atoms with Gasteiger partial charge in [0.2, 0.25) is 0 Å². The van der Waals surface area contributed by atoms with Gasteiger partial charge in [-0.3, -0.25) is 29.9 Å². The number of carbonyl (C=O) groups excluding carboxylic acids is 1. The zero-order valence-corrected chi connectivity index (χ0v) is 20.7. The van der Waals surface area contributed by atoms with E-state index in [9.17, 15) is 25.0 Å². The summed E-state index contributed by atoms with van der Waals surface area (Å²) < 4.78 is 6.79. The quantitative estimate of drug-likeness (QED) is 0.353. The number of halogens is 1. The van der Waals surface area contributed by atoms with E-state index in [4.69, 9.17) is 4.74 Å². The topological polar surface area (TPSA) is 128 Å². The molecule has 3 aromatic carbocycles. The van der Waals surface area contributed by atoms with Crippen LogP contribution in [0.4, 0.5) is 11.4 Å². The maximum absolute atomic E-state index is 13.3. The van der Waals surface area contributed by atoms with Gasteiger partial charge < -0.3 is 10.1 Å². The molecule has 184 valence electrons. The van der Waals surface area contributed by atoms with Crippen LogP contribution in [0.1, 0.15) is 22.6 Å². The molecule has 2 aliphatic heterocycles. The SMILES string of the molecule is CN1C[C@H](c2cc(Br)ccc2OCc2ccc([N+](=O)[O-])cc2)[C@@H]([N+](=O)[O-])[C@@]12C(=O)Nc1ccccc12. The Morgan fingerprint density at radius 2 is 1.83 bits per heavy atom. The molecule has 0 aromatic heterocycles.